The van der Waals surface area contributed by atoms with E-state index in [0.717, 1.165) is 36.5 Å². The van der Waals surface area contributed by atoms with Crippen molar-refractivity contribution in [2.45, 2.75) is 19.8 Å². The molecule has 3 rings (SSSR count). The molecule has 0 bridgehead atoms. The monoisotopic (exact) mass is 409 g/mol. The summed E-state index contributed by atoms with van der Waals surface area (Å²) in [5, 5.41) is 8.59. The van der Waals surface area contributed by atoms with Gasteiger partial charge in [-0.15, -0.1) is 0 Å². The maximum absolute atomic E-state index is 12.4. The summed E-state index contributed by atoms with van der Waals surface area (Å²) in [6, 6.07) is 16.4. The van der Waals surface area contributed by atoms with Crippen molar-refractivity contribution in [2.24, 2.45) is 5.92 Å². The van der Waals surface area contributed by atoms with Crippen molar-refractivity contribution in [3.63, 3.8) is 0 Å². The van der Waals surface area contributed by atoms with E-state index >= 15 is 0 Å². The number of hydrogen-bond acceptors (Lipinski definition) is 3. The Morgan fingerprint density at radius 3 is 2.33 bits per heavy atom. The second-order valence-electron chi connectivity index (χ2n) is 7.54. The van der Waals surface area contributed by atoms with Gasteiger partial charge < -0.3 is 20.9 Å². The first-order valence-corrected chi connectivity index (χ1v) is 10.4. The highest BCUT2D eigenvalue weighted by Gasteiger charge is 2.28. The van der Waals surface area contributed by atoms with Crippen molar-refractivity contribution in [2.75, 3.05) is 36.8 Å². The third-order valence-electron chi connectivity index (χ3n) is 5.26. The average Bonchev–Trinajstić information content (AvgIpc) is 2.75. The molecule has 158 valence electrons. The van der Waals surface area contributed by atoms with Crippen LogP contribution in [0.5, 0.6) is 0 Å². The average molecular weight is 410 g/mol. The van der Waals surface area contributed by atoms with Crippen LogP contribution in [0.25, 0.3) is 0 Å². The molecule has 3 amide bonds. The quantitative estimate of drug-likeness (QED) is 0.556. The highest BCUT2D eigenvalue weighted by Crippen LogP contribution is 2.14. The van der Waals surface area contributed by atoms with Crippen LogP contribution in [-0.4, -0.2) is 43.9 Å². The number of benzene rings is 2. The van der Waals surface area contributed by atoms with Gasteiger partial charge in [0.1, 0.15) is 0 Å². The summed E-state index contributed by atoms with van der Waals surface area (Å²) < 4.78 is 0. The zero-order valence-corrected chi connectivity index (χ0v) is 17.2. The summed E-state index contributed by atoms with van der Waals surface area (Å²) in [7, 11) is 0. The number of quaternary nitrogens is 1. The largest absolute Gasteiger partial charge is 0.352 e. The lowest BCUT2D eigenvalue weighted by Gasteiger charge is -2.28. The third-order valence-corrected chi connectivity index (χ3v) is 5.26. The number of rotatable bonds is 7. The topological polar surface area (TPSA) is 91.7 Å². The molecule has 0 atom stereocenters. The molecule has 0 radical (unpaired) electrons. The molecule has 4 N–H and O–H groups in total. The Bertz CT molecular complexity index is 877. The predicted molar refractivity (Wildman–Crippen MR) is 116 cm³/mol. The first kappa shape index (κ1) is 21.5. The van der Waals surface area contributed by atoms with Gasteiger partial charge in [-0.25, -0.2) is 0 Å². The van der Waals surface area contributed by atoms with E-state index < -0.39 is 0 Å². The summed E-state index contributed by atoms with van der Waals surface area (Å²) in [5.74, 6) is -0.224. The van der Waals surface area contributed by atoms with Gasteiger partial charge in [0.25, 0.3) is 11.8 Å². The van der Waals surface area contributed by atoms with Gasteiger partial charge in [0.05, 0.1) is 13.1 Å². The molecule has 0 spiro atoms. The van der Waals surface area contributed by atoms with Gasteiger partial charge in [-0.05, 0) is 37.3 Å². The molecule has 2 aromatic carbocycles. The van der Waals surface area contributed by atoms with Crippen LogP contribution < -0.4 is 20.9 Å². The molecule has 1 fully saturated rings. The highest BCUT2D eigenvalue weighted by atomic mass is 16.2. The Balaban J connectivity index is 1.44. The second kappa shape index (κ2) is 10.5. The Hall–Kier alpha value is -3.19. The Morgan fingerprint density at radius 2 is 1.63 bits per heavy atom. The van der Waals surface area contributed by atoms with Crippen molar-refractivity contribution < 1.29 is 19.3 Å². The molecule has 2 aromatic rings. The van der Waals surface area contributed by atoms with Crippen molar-refractivity contribution in [1.29, 1.82) is 0 Å². The number of carbonyl (C=O) groups excluding carboxylic acids is 3. The number of amides is 3. The summed E-state index contributed by atoms with van der Waals surface area (Å²) in [5.41, 5.74) is 1.94. The number of carbonyl (C=O) groups is 3. The van der Waals surface area contributed by atoms with Crippen molar-refractivity contribution in [3.05, 3.63) is 60.2 Å². The van der Waals surface area contributed by atoms with Gasteiger partial charge in [-0.3, -0.25) is 14.4 Å². The van der Waals surface area contributed by atoms with E-state index in [1.807, 2.05) is 37.3 Å². The lowest BCUT2D eigenvalue weighted by Crippen LogP contribution is -3.14. The molecular formula is C23H29N4O3+. The van der Waals surface area contributed by atoms with Crippen molar-refractivity contribution >= 4 is 29.1 Å². The second-order valence-corrected chi connectivity index (χ2v) is 7.54. The maximum atomic E-state index is 12.4. The minimum absolute atomic E-state index is 0.0224. The van der Waals surface area contributed by atoms with Crippen LogP contribution in [0.2, 0.25) is 0 Å². The Kier molecular flexibility index (Phi) is 7.57. The minimum atomic E-state index is -0.157. The van der Waals surface area contributed by atoms with Crippen LogP contribution in [-0.2, 0) is 9.59 Å². The molecule has 1 aliphatic heterocycles. The van der Waals surface area contributed by atoms with E-state index in [1.54, 1.807) is 24.3 Å². The predicted octanol–water partition coefficient (Wildman–Crippen LogP) is 1.31. The van der Waals surface area contributed by atoms with Crippen LogP contribution in [0.4, 0.5) is 11.4 Å². The molecule has 0 unspecified atom stereocenters. The van der Waals surface area contributed by atoms with E-state index in [-0.39, 0.29) is 23.6 Å². The molecule has 1 saturated heterocycles. The van der Waals surface area contributed by atoms with Crippen LogP contribution in [0.3, 0.4) is 0 Å². The summed E-state index contributed by atoms with van der Waals surface area (Å²) >= 11 is 0. The number of hydrogen-bond donors (Lipinski definition) is 4. The van der Waals surface area contributed by atoms with Gasteiger partial charge in [-0.2, -0.15) is 0 Å². The Labute approximate surface area is 176 Å². The van der Waals surface area contributed by atoms with E-state index in [9.17, 15) is 14.4 Å². The van der Waals surface area contributed by atoms with Gasteiger partial charge >= 0.3 is 0 Å². The molecular weight excluding hydrogens is 380 g/mol. The molecule has 7 heteroatoms. The minimum Gasteiger partial charge on any atom is -0.352 e. The first-order valence-electron chi connectivity index (χ1n) is 10.4. The highest BCUT2D eigenvalue weighted by molar-refractivity contribution is 5.97. The van der Waals surface area contributed by atoms with Crippen LogP contribution in [0, 0.1) is 5.92 Å². The lowest BCUT2D eigenvalue weighted by atomic mass is 9.96. The molecule has 1 aliphatic rings. The number of nitrogens with one attached hydrogen (secondary N) is 4. The van der Waals surface area contributed by atoms with Crippen LogP contribution in [0.15, 0.2) is 54.6 Å². The molecule has 0 aromatic heterocycles. The fourth-order valence-electron chi connectivity index (χ4n) is 3.66. The smallest absolute Gasteiger partial charge is 0.279 e. The van der Waals surface area contributed by atoms with Gasteiger partial charge in [-0.1, -0.05) is 24.3 Å². The Morgan fingerprint density at radius 1 is 0.933 bits per heavy atom. The first-order chi connectivity index (χ1) is 14.5. The molecule has 1 heterocycles. The standard InChI is InChI=1S/C23H28N4O3/c1-2-24-22(29)18-7-6-10-20(15-18)25-21(28)16-27-13-11-17(12-14-27)23(30)26-19-8-4-3-5-9-19/h3-10,15,17H,2,11-14,16H2,1H3,(H,24,29)(H,25,28)(H,26,30)/p+1. The van der Waals surface area contributed by atoms with Gasteiger partial charge in [0.2, 0.25) is 5.91 Å². The van der Waals surface area contributed by atoms with Gasteiger partial charge in [0.15, 0.2) is 6.54 Å². The SMILES string of the molecule is CCNC(=O)c1cccc(NC(=O)C[NH+]2CCC(C(=O)Nc3ccccc3)CC2)c1. The van der Waals surface area contributed by atoms with Crippen LogP contribution in [0.1, 0.15) is 30.1 Å². The van der Waals surface area contributed by atoms with E-state index in [2.05, 4.69) is 16.0 Å². The number of likely N-dealkylation sites (tertiary alicyclic amines) is 1. The van der Waals surface area contributed by atoms with E-state index in [4.69, 9.17) is 0 Å². The van der Waals surface area contributed by atoms with Gasteiger partial charge in [0, 0.05) is 42.2 Å². The number of anilines is 2. The molecule has 7 nitrogen and oxygen atoms in total. The fourth-order valence-corrected chi connectivity index (χ4v) is 3.66. The molecule has 0 aliphatic carbocycles. The van der Waals surface area contributed by atoms with Crippen molar-refractivity contribution in [1.82, 2.24) is 5.32 Å². The maximum Gasteiger partial charge on any atom is 0.279 e. The number of piperidine rings is 1. The zero-order chi connectivity index (χ0) is 21.3. The molecule has 30 heavy (non-hydrogen) atoms. The zero-order valence-electron chi connectivity index (χ0n) is 17.2. The van der Waals surface area contributed by atoms with Crippen molar-refractivity contribution in [3.8, 4) is 0 Å². The van der Waals surface area contributed by atoms with E-state index in [1.165, 1.54) is 0 Å². The van der Waals surface area contributed by atoms with Crippen LogP contribution >= 0.6 is 0 Å². The summed E-state index contributed by atoms with van der Waals surface area (Å²) in [4.78, 5) is 38.0. The fraction of sp³-hybridized carbons (Fsp3) is 0.348. The lowest BCUT2D eigenvalue weighted by molar-refractivity contribution is -0.897. The normalized spacial score (nSPS) is 18.3. The summed E-state index contributed by atoms with van der Waals surface area (Å²) in [6.45, 7) is 4.32. The summed E-state index contributed by atoms with van der Waals surface area (Å²) in [6.07, 6.45) is 1.52. The third kappa shape index (κ3) is 6.15. The number of para-hydroxylation sites is 1. The molecule has 0 saturated carbocycles. The van der Waals surface area contributed by atoms with E-state index in [0.29, 0.717) is 24.3 Å².